The Morgan fingerprint density at radius 3 is 3.06 bits per heavy atom. The SMILES string of the molecule is O=Cc1cccc(F)c1OCc1nccs1. The van der Waals surface area contributed by atoms with Crippen molar-refractivity contribution >= 4 is 17.6 Å². The van der Waals surface area contributed by atoms with Gasteiger partial charge in [0.25, 0.3) is 0 Å². The van der Waals surface area contributed by atoms with Crippen LogP contribution < -0.4 is 4.74 Å². The highest BCUT2D eigenvalue weighted by Gasteiger charge is 2.09. The van der Waals surface area contributed by atoms with Gasteiger partial charge in [-0.3, -0.25) is 4.79 Å². The zero-order valence-corrected chi connectivity index (χ0v) is 9.04. The van der Waals surface area contributed by atoms with Gasteiger partial charge in [0.2, 0.25) is 0 Å². The molecular weight excluding hydrogens is 229 g/mol. The van der Waals surface area contributed by atoms with Crippen LogP contribution in [0, 0.1) is 5.82 Å². The number of nitrogens with zero attached hydrogens (tertiary/aromatic N) is 1. The second kappa shape index (κ2) is 4.85. The first kappa shape index (κ1) is 10.8. The van der Waals surface area contributed by atoms with Gasteiger partial charge in [-0.1, -0.05) is 6.07 Å². The van der Waals surface area contributed by atoms with Crippen LogP contribution in [0.3, 0.4) is 0 Å². The van der Waals surface area contributed by atoms with Crippen LogP contribution in [0.15, 0.2) is 29.8 Å². The van der Waals surface area contributed by atoms with E-state index in [-0.39, 0.29) is 17.9 Å². The quantitative estimate of drug-likeness (QED) is 0.767. The lowest BCUT2D eigenvalue weighted by molar-refractivity contribution is 0.111. The third kappa shape index (κ3) is 2.25. The second-order valence-corrected chi connectivity index (χ2v) is 3.97. The van der Waals surface area contributed by atoms with Gasteiger partial charge in [-0.05, 0) is 12.1 Å². The van der Waals surface area contributed by atoms with E-state index in [0.29, 0.717) is 6.29 Å². The summed E-state index contributed by atoms with van der Waals surface area (Å²) >= 11 is 1.41. The van der Waals surface area contributed by atoms with Gasteiger partial charge in [0.15, 0.2) is 17.9 Å². The maximum Gasteiger partial charge on any atom is 0.166 e. The molecule has 1 heterocycles. The van der Waals surface area contributed by atoms with Crippen molar-refractivity contribution in [2.24, 2.45) is 0 Å². The number of carbonyl (C=O) groups is 1. The van der Waals surface area contributed by atoms with E-state index < -0.39 is 5.82 Å². The molecule has 1 aromatic carbocycles. The molecule has 3 nitrogen and oxygen atoms in total. The van der Waals surface area contributed by atoms with Crippen LogP contribution in [0.2, 0.25) is 0 Å². The summed E-state index contributed by atoms with van der Waals surface area (Å²) in [5.41, 5.74) is 0.205. The molecule has 2 aromatic rings. The van der Waals surface area contributed by atoms with E-state index in [1.165, 1.54) is 29.5 Å². The molecule has 0 saturated carbocycles. The minimum Gasteiger partial charge on any atom is -0.483 e. The minimum absolute atomic E-state index is 0.0206. The number of thiazole rings is 1. The maximum atomic E-state index is 13.4. The Bertz CT molecular complexity index is 485. The van der Waals surface area contributed by atoms with E-state index in [1.807, 2.05) is 0 Å². The number of hydrogen-bond donors (Lipinski definition) is 0. The Balaban J connectivity index is 2.17. The van der Waals surface area contributed by atoms with Crippen molar-refractivity contribution in [3.05, 3.63) is 46.2 Å². The number of aromatic nitrogens is 1. The van der Waals surface area contributed by atoms with Crippen molar-refractivity contribution in [2.45, 2.75) is 6.61 Å². The van der Waals surface area contributed by atoms with Gasteiger partial charge in [-0.25, -0.2) is 9.37 Å². The standard InChI is InChI=1S/C11H8FNO2S/c12-9-3-1-2-8(6-14)11(9)15-7-10-13-4-5-16-10/h1-6H,7H2. The molecule has 0 spiro atoms. The second-order valence-electron chi connectivity index (χ2n) is 2.99. The molecule has 5 heteroatoms. The summed E-state index contributed by atoms with van der Waals surface area (Å²) in [5.74, 6) is -0.561. The summed E-state index contributed by atoms with van der Waals surface area (Å²) in [6.45, 7) is 0.166. The summed E-state index contributed by atoms with van der Waals surface area (Å²) in [6.07, 6.45) is 2.21. The number of benzene rings is 1. The summed E-state index contributed by atoms with van der Waals surface area (Å²) < 4.78 is 18.6. The molecule has 16 heavy (non-hydrogen) atoms. The average molecular weight is 237 g/mol. The smallest absolute Gasteiger partial charge is 0.166 e. The topological polar surface area (TPSA) is 39.2 Å². The fourth-order valence-corrected chi connectivity index (χ4v) is 1.76. The first-order valence-electron chi connectivity index (χ1n) is 4.56. The summed E-state index contributed by atoms with van der Waals surface area (Å²) in [7, 11) is 0. The highest BCUT2D eigenvalue weighted by Crippen LogP contribution is 2.22. The Morgan fingerprint density at radius 1 is 1.50 bits per heavy atom. The van der Waals surface area contributed by atoms with Crippen LogP contribution in [0.5, 0.6) is 5.75 Å². The number of hydrogen-bond acceptors (Lipinski definition) is 4. The number of aldehydes is 1. The molecule has 0 aliphatic rings. The Kier molecular flexibility index (Phi) is 3.26. The predicted molar refractivity (Wildman–Crippen MR) is 58.2 cm³/mol. The Morgan fingerprint density at radius 2 is 2.38 bits per heavy atom. The van der Waals surface area contributed by atoms with Gasteiger partial charge >= 0.3 is 0 Å². The van der Waals surface area contributed by atoms with Crippen LogP contribution in [-0.4, -0.2) is 11.3 Å². The van der Waals surface area contributed by atoms with E-state index >= 15 is 0 Å². The third-order valence-corrected chi connectivity index (χ3v) is 2.70. The summed E-state index contributed by atoms with van der Waals surface area (Å²) in [5, 5.41) is 2.54. The molecule has 1 aromatic heterocycles. The first-order chi connectivity index (χ1) is 7.81. The van der Waals surface area contributed by atoms with E-state index in [9.17, 15) is 9.18 Å². The van der Waals surface area contributed by atoms with E-state index in [2.05, 4.69) is 4.98 Å². The molecule has 0 aliphatic carbocycles. The molecule has 0 amide bonds. The van der Waals surface area contributed by atoms with Crippen LogP contribution in [0.25, 0.3) is 0 Å². The van der Waals surface area contributed by atoms with Crippen molar-refractivity contribution in [3.8, 4) is 5.75 Å². The molecule has 0 fully saturated rings. The minimum atomic E-state index is -0.541. The van der Waals surface area contributed by atoms with Gasteiger partial charge < -0.3 is 4.74 Å². The largest absolute Gasteiger partial charge is 0.483 e. The molecular formula is C11H8FNO2S. The normalized spacial score (nSPS) is 10.1. The van der Waals surface area contributed by atoms with Crippen molar-refractivity contribution < 1.29 is 13.9 Å². The van der Waals surface area contributed by atoms with Crippen molar-refractivity contribution in [1.82, 2.24) is 4.98 Å². The lowest BCUT2D eigenvalue weighted by Gasteiger charge is -2.07. The number of ether oxygens (including phenoxy) is 1. The van der Waals surface area contributed by atoms with Crippen molar-refractivity contribution in [3.63, 3.8) is 0 Å². The van der Waals surface area contributed by atoms with Gasteiger partial charge in [-0.15, -0.1) is 11.3 Å². The van der Waals surface area contributed by atoms with E-state index in [4.69, 9.17) is 4.74 Å². The molecule has 0 saturated heterocycles. The summed E-state index contributed by atoms with van der Waals surface area (Å²) in [6, 6.07) is 4.23. The Labute approximate surface area is 95.5 Å². The highest BCUT2D eigenvalue weighted by molar-refractivity contribution is 7.09. The molecule has 0 atom stereocenters. The molecule has 0 bridgehead atoms. The van der Waals surface area contributed by atoms with E-state index in [0.717, 1.165) is 5.01 Å². The van der Waals surface area contributed by atoms with Crippen LogP contribution in [0.4, 0.5) is 4.39 Å². The molecule has 0 N–H and O–H groups in total. The van der Waals surface area contributed by atoms with Crippen LogP contribution in [-0.2, 0) is 6.61 Å². The lowest BCUT2D eigenvalue weighted by atomic mass is 10.2. The first-order valence-corrected chi connectivity index (χ1v) is 5.44. The van der Waals surface area contributed by atoms with Crippen LogP contribution >= 0.6 is 11.3 Å². The Hall–Kier alpha value is -1.75. The van der Waals surface area contributed by atoms with Gasteiger partial charge in [0, 0.05) is 11.6 Å². The zero-order chi connectivity index (χ0) is 11.4. The molecule has 0 radical (unpaired) electrons. The van der Waals surface area contributed by atoms with Gasteiger partial charge in [0.05, 0.1) is 5.56 Å². The fourth-order valence-electron chi connectivity index (χ4n) is 1.23. The van der Waals surface area contributed by atoms with E-state index in [1.54, 1.807) is 11.6 Å². The molecule has 0 aliphatic heterocycles. The fraction of sp³-hybridized carbons (Fsp3) is 0.0909. The maximum absolute atomic E-state index is 13.4. The predicted octanol–water partition coefficient (Wildman–Crippen LogP) is 2.67. The third-order valence-electron chi connectivity index (χ3n) is 1.95. The number of rotatable bonds is 4. The average Bonchev–Trinajstić information content (AvgIpc) is 2.80. The van der Waals surface area contributed by atoms with Gasteiger partial charge in [0.1, 0.15) is 11.6 Å². The van der Waals surface area contributed by atoms with Crippen molar-refractivity contribution in [2.75, 3.05) is 0 Å². The molecule has 2 rings (SSSR count). The number of para-hydroxylation sites is 1. The van der Waals surface area contributed by atoms with Crippen LogP contribution in [0.1, 0.15) is 15.4 Å². The highest BCUT2D eigenvalue weighted by atomic mass is 32.1. The molecule has 82 valence electrons. The monoisotopic (exact) mass is 237 g/mol. The number of halogens is 1. The summed E-state index contributed by atoms with van der Waals surface area (Å²) in [4.78, 5) is 14.7. The van der Waals surface area contributed by atoms with Crippen molar-refractivity contribution in [1.29, 1.82) is 0 Å². The lowest BCUT2D eigenvalue weighted by Crippen LogP contribution is -2.00. The zero-order valence-electron chi connectivity index (χ0n) is 8.22. The van der Waals surface area contributed by atoms with Gasteiger partial charge in [-0.2, -0.15) is 0 Å². The number of carbonyl (C=O) groups excluding carboxylic acids is 1. The molecule has 0 unspecified atom stereocenters.